The number of oxazole rings is 1. The summed E-state index contributed by atoms with van der Waals surface area (Å²) < 4.78 is 7.26. The molecule has 22 heavy (non-hydrogen) atoms. The van der Waals surface area contributed by atoms with Crippen LogP contribution in [0.1, 0.15) is 0 Å². The number of hydrogen-bond acceptors (Lipinski definition) is 3. The fraction of sp³-hybridized carbons (Fsp3) is 0. The van der Waals surface area contributed by atoms with E-state index in [1.807, 2.05) is 18.2 Å². The largest absolute Gasteiger partial charge is 0.436 e. The third-order valence-electron chi connectivity index (χ3n) is 2.93. The maximum absolute atomic E-state index is 6.19. The van der Waals surface area contributed by atoms with E-state index in [0.29, 0.717) is 32.2 Å². The maximum atomic E-state index is 6.19. The molecular formula is C14H8Br2ClN3OS. The first-order valence-corrected chi connectivity index (χ1v) is 8.44. The summed E-state index contributed by atoms with van der Waals surface area (Å²) in [5.74, 6) is 0.445. The third kappa shape index (κ3) is 2.86. The average molecular weight is 462 g/mol. The number of benzene rings is 2. The summed E-state index contributed by atoms with van der Waals surface area (Å²) in [6.07, 6.45) is 0. The van der Waals surface area contributed by atoms with Crippen LogP contribution in [0.25, 0.3) is 22.6 Å². The van der Waals surface area contributed by atoms with Crippen molar-refractivity contribution in [3.8, 4) is 11.5 Å². The van der Waals surface area contributed by atoms with Gasteiger partial charge in [-0.1, -0.05) is 23.7 Å². The Morgan fingerprint density at radius 1 is 1.32 bits per heavy atom. The summed E-state index contributed by atoms with van der Waals surface area (Å²) in [4.78, 5) is 4.51. The fourth-order valence-electron chi connectivity index (χ4n) is 1.99. The lowest BCUT2D eigenvalue weighted by Crippen LogP contribution is -2.19. The molecule has 0 unspecified atom stereocenters. The second-order valence-electron chi connectivity index (χ2n) is 4.38. The highest BCUT2D eigenvalue weighted by atomic mass is 79.9. The predicted octanol–water partition coefficient (Wildman–Crippen LogP) is 5.33. The Morgan fingerprint density at radius 3 is 2.73 bits per heavy atom. The quantitative estimate of drug-likeness (QED) is 0.505. The molecule has 0 saturated carbocycles. The minimum absolute atomic E-state index is 0.163. The Kier molecular flexibility index (Phi) is 4.40. The second-order valence-corrected chi connectivity index (χ2v) is 6.88. The van der Waals surface area contributed by atoms with Crippen molar-refractivity contribution in [2.45, 2.75) is 0 Å². The van der Waals surface area contributed by atoms with Crippen molar-refractivity contribution in [3.05, 3.63) is 44.3 Å². The monoisotopic (exact) mass is 459 g/mol. The highest BCUT2D eigenvalue weighted by Crippen LogP contribution is 2.40. The minimum atomic E-state index is 0.163. The van der Waals surface area contributed by atoms with Gasteiger partial charge in [-0.05, 0) is 62.3 Å². The lowest BCUT2D eigenvalue weighted by Gasteiger charge is -2.08. The number of rotatable bonds is 2. The first-order chi connectivity index (χ1) is 10.5. The van der Waals surface area contributed by atoms with Gasteiger partial charge in [0.05, 0.1) is 20.7 Å². The van der Waals surface area contributed by atoms with Crippen LogP contribution in [0.5, 0.6) is 0 Å². The molecule has 0 aliphatic carbocycles. The molecular weight excluding hydrogens is 454 g/mol. The molecule has 4 nitrogen and oxygen atoms in total. The van der Waals surface area contributed by atoms with Gasteiger partial charge in [-0.25, -0.2) is 4.98 Å². The average Bonchev–Trinajstić information content (AvgIpc) is 2.87. The van der Waals surface area contributed by atoms with Gasteiger partial charge in [0.15, 0.2) is 10.7 Å². The summed E-state index contributed by atoms with van der Waals surface area (Å²) in [5, 5.41) is 3.64. The number of nitrogens with zero attached hydrogens (tertiary/aromatic N) is 1. The smallest absolute Gasteiger partial charge is 0.228 e. The molecule has 3 N–H and O–H groups in total. The van der Waals surface area contributed by atoms with Crippen LogP contribution in [-0.4, -0.2) is 10.1 Å². The summed E-state index contributed by atoms with van der Waals surface area (Å²) in [7, 11) is 0. The molecule has 0 spiro atoms. The van der Waals surface area contributed by atoms with Gasteiger partial charge in [0, 0.05) is 4.47 Å². The lowest BCUT2D eigenvalue weighted by molar-refractivity contribution is 0.619. The Balaban J connectivity index is 2.20. The molecule has 0 radical (unpaired) electrons. The minimum Gasteiger partial charge on any atom is -0.436 e. The van der Waals surface area contributed by atoms with Gasteiger partial charge < -0.3 is 15.5 Å². The van der Waals surface area contributed by atoms with E-state index in [1.54, 1.807) is 12.1 Å². The molecule has 3 aromatic rings. The highest BCUT2D eigenvalue weighted by Gasteiger charge is 2.18. The number of nitrogens with one attached hydrogen (secondary N) is 1. The van der Waals surface area contributed by atoms with Crippen molar-refractivity contribution < 1.29 is 4.42 Å². The molecule has 0 fully saturated rings. The number of fused-ring (bicyclic) bond motifs is 1. The lowest BCUT2D eigenvalue weighted by atomic mass is 10.2. The molecule has 0 atom stereocenters. The zero-order valence-corrected chi connectivity index (χ0v) is 15.6. The van der Waals surface area contributed by atoms with E-state index >= 15 is 0 Å². The number of thiocarbonyl (C=S) groups is 1. The number of anilines is 1. The third-order valence-corrected chi connectivity index (χ3v) is 4.76. The molecule has 8 heteroatoms. The standard InChI is InChI=1S/C14H8Br2ClN3OS/c15-7-5-9-12(10(16)11(7)20-14(18)22)19-13(21-9)6-3-1-2-4-8(6)17/h1-5H,(H3,18,20,22). The molecule has 0 amide bonds. The van der Waals surface area contributed by atoms with Crippen molar-refractivity contribution in [3.63, 3.8) is 0 Å². The first-order valence-electron chi connectivity index (χ1n) is 6.07. The van der Waals surface area contributed by atoms with E-state index < -0.39 is 0 Å². The number of aromatic nitrogens is 1. The second kappa shape index (κ2) is 6.16. The van der Waals surface area contributed by atoms with Crippen molar-refractivity contribution in [1.29, 1.82) is 0 Å². The Labute approximate surface area is 153 Å². The molecule has 3 rings (SSSR count). The van der Waals surface area contributed by atoms with Crippen molar-refractivity contribution in [1.82, 2.24) is 4.98 Å². The molecule has 2 aromatic carbocycles. The van der Waals surface area contributed by atoms with Crippen molar-refractivity contribution in [2.24, 2.45) is 5.73 Å². The zero-order valence-electron chi connectivity index (χ0n) is 10.9. The molecule has 1 heterocycles. The number of halogens is 3. The van der Waals surface area contributed by atoms with Gasteiger partial charge in [0.25, 0.3) is 0 Å². The normalized spacial score (nSPS) is 10.9. The van der Waals surface area contributed by atoms with Gasteiger partial charge in [0.2, 0.25) is 5.89 Å². The van der Waals surface area contributed by atoms with Gasteiger partial charge in [-0.2, -0.15) is 0 Å². The predicted molar refractivity (Wildman–Crippen MR) is 100 cm³/mol. The van der Waals surface area contributed by atoms with Crippen LogP contribution >= 0.6 is 55.7 Å². The van der Waals surface area contributed by atoms with E-state index in [-0.39, 0.29) is 5.11 Å². The fourth-order valence-corrected chi connectivity index (χ4v) is 3.67. The first kappa shape index (κ1) is 15.7. The summed E-state index contributed by atoms with van der Waals surface area (Å²) in [6.45, 7) is 0. The van der Waals surface area contributed by atoms with Crippen LogP contribution in [-0.2, 0) is 0 Å². The molecule has 0 aliphatic rings. The topological polar surface area (TPSA) is 64.1 Å². The Bertz CT molecular complexity index is 897. The van der Waals surface area contributed by atoms with Crippen LogP contribution in [0.2, 0.25) is 5.02 Å². The summed E-state index contributed by atoms with van der Waals surface area (Å²) >= 11 is 18.0. The van der Waals surface area contributed by atoms with Gasteiger partial charge >= 0.3 is 0 Å². The van der Waals surface area contributed by atoms with Crippen LogP contribution in [0, 0.1) is 0 Å². The van der Waals surface area contributed by atoms with E-state index in [2.05, 4.69) is 42.2 Å². The van der Waals surface area contributed by atoms with E-state index in [9.17, 15) is 0 Å². The van der Waals surface area contributed by atoms with Gasteiger partial charge in [-0.3, -0.25) is 0 Å². The van der Waals surface area contributed by atoms with Gasteiger partial charge in [0.1, 0.15) is 5.52 Å². The number of nitrogens with two attached hydrogens (primary N) is 1. The highest BCUT2D eigenvalue weighted by molar-refractivity contribution is 9.11. The molecule has 1 aromatic heterocycles. The molecule has 0 aliphatic heterocycles. The zero-order chi connectivity index (χ0) is 15.9. The van der Waals surface area contributed by atoms with E-state index in [4.69, 9.17) is 34.0 Å². The molecule has 0 saturated heterocycles. The Morgan fingerprint density at radius 2 is 2.05 bits per heavy atom. The van der Waals surface area contributed by atoms with Crippen LogP contribution in [0.4, 0.5) is 5.69 Å². The van der Waals surface area contributed by atoms with Crippen molar-refractivity contribution >= 4 is 77.6 Å². The maximum Gasteiger partial charge on any atom is 0.228 e. The summed E-state index contributed by atoms with van der Waals surface area (Å²) in [5.41, 5.74) is 8.23. The SMILES string of the molecule is NC(=S)Nc1c(Br)cc2oc(-c3ccccc3Cl)nc2c1Br. The number of hydrogen-bond donors (Lipinski definition) is 2. The van der Waals surface area contributed by atoms with E-state index in [0.717, 1.165) is 10.0 Å². The summed E-state index contributed by atoms with van der Waals surface area (Å²) in [6, 6.07) is 9.17. The Hall–Kier alpha value is -1.15. The van der Waals surface area contributed by atoms with Gasteiger partial charge in [-0.15, -0.1) is 0 Å². The molecule has 112 valence electrons. The van der Waals surface area contributed by atoms with Crippen molar-refractivity contribution in [2.75, 3.05) is 5.32 Å². The van der Waals surface area contributed by atoms with Crippen LogP contribution in [0.15, 0.2) is 43.7 Å². The molecule has 0 bridgehead atoms. The van der Waals surface area contributed by atoms with Crippen LogP contribution in [0.3, 0.4) is 0 Å². The van der Waals surface area contributed by atoms with Crippen LogP contribution < -0.4 is 11.1 Å². The van der Waals surface area contributed by atoms with E-state index in [1.165, 1.54) is 0 Å².